The molecule has 0 N–H and O–H groups in total. The van der Waals surface area contributed by atoms with Crippen LogP contribution in [0.4, 0.5) is 0 Å². The summed E-state index contributed by atoms with van der Waals surface area (Å²) >= 11 is 4.21. The van der Waals surface area contributed by atoms with Crippen molar-refractivity contribution < 1.29 is 4.74 Å². The lowest BCUT2D eigenvalue weighted by Crippen LogP contribution is -2.15. The molecule has 0 aromatic heterocycles. The Balaban J connectivity index is 1.82. The number of hydrogen-bond donors (Lipinski definition) is 1. The first-order valence-electron chi connectivity index (χ1n) is 5.01. The Morgan fingerprint density at radius 3 is 2.75 bits per heavy atom. The average molecular weight is 188 g/mol. The Morgan fingerprint density at radius 1 is 1.50 bits per heavy atom. The van der Waals surface area contributed by atoms with E-state index in [1.807, 2.05) is 0 Å². The molecule has 1 nitrogen and oxygen atoms in total. The zero-order valence-corrected chi connectivity index (χ0v) is 8.85. The smallest absolute Gasteiger partial charge is 0.0499 e. The van der Waals surface area contributed by atoms with E-state index in [1.165, 1.54) is 25.7 Å². The molecule has 1 atom stereocenters. The Hall–Kier alpha value is 0.310. The highest BCUT2D eigenvalue weighted by Gasteiger charge is 2.16. The molecule has 0 aromatic rings. The standard InChI is InChI=1S/C10H20OS/c1-9(8-12)7-11-6-5-10-3-2-4-10/h9-10,12H,2-8H2,1H3. The summed E-state index contributed by atoms with van der Waals surface area (Å²) in [5.74, 6) is 2.52. The first kappa shape index (κ1) is 10.4. The van der Waals surface area contributed by atoms with Gasteiger partial charge < -0.3 is 4.74 Å². The molecule has 1 unspecified atom stereocenters. The fourth-order valence-electron chi connectivity index (χ4n) is 1.37. The van der Waals surface area contributed by atoms with E-state index in [0.717, 1.165) is 24.9 Å². The Kier molecular flexibility index (Phi) is 5.08. The second kappa shape index (κ2) is 5.87. The third-order valence-corrected chi connectivity index (χ3v) is 3.23. The normalized spacial score (nSPS) is 20.5. The summed E-state index contributed by atoms with van der Waals surface area (Å²) in [6.07, 6.45) is 5.59. The lowest BCUT2D eigenvalue weighted by atomic mass is 9.83. The van der Waals surface area contributed by atoms with Crippen LogP contribution in [0.25, 0.3) is 0 Å². The van der Waals surface area contributed by atoms with Gasteiger partial charge in [0.2, 0.25) is 0 Å². The zero-order chi connectivity index (χ0) is 8.81. The molecular weight excluding hydrogens is 168 g/mol. The third-order valence-electron chi connectivity index (χ3n) is 2.61. The molecule has 0 saturated heterocycles. The van der Waals surface area contributed by atoms with Crippen molar-refractivity contribution in [2.24, 2.45) is 11.8 Å². The van der Waals surface area contributed by atoms with Gasteiger partial charge in [-0.2, -0.15) is 12.6 Å². The quantitative estimate of drug-likeness (QED) is 0.498. The minimum absolute atomic E-state index is 0.606. The lowest BCUT2D eigenvalue weighted by molar-refractivity contribution is 0.0884. The van der Waals surface area contributed by atoms with E-state index in [4.69, 9.17) is 4.74 Å². The molecule has 1 saturated carbocycles. The highest BCUT2D eigenvalue weighted by atomic mass is 32.1. The van der Waals surface area contributed by atoms with E-state index in [2.05, 4.69) is 19.6 Å². The van der Waals surface area contributed by atoms with E-state index in [1.54, 1.807) is 0 Å². The van der Waals surface area contributed by atoms with Crippen LogP contribution in [-0.2, 0) is 4.74 Å². The molecule has 1 fully saturated rings. The number of ether oxygens (including phenoxy) is 1. The highest BCUT2D eigenvalue weighted by molar-refractivity contribution is 7.80. The van der Waals surface area contributed by atoms with Crippen LogP contribution in [-0.4, -0.2) is 19.0 Å². The summed E-state index contributed by atoms with van der Waals surface area (Å²) in [5.41, 5.74) is 0. The topological polar surface area (TPSA) is 9.23 Å². The van der Waals surface area contributed by atoms with Crippen molar-refractivity contribution >= 4 is 12.6 Å². The number of thiol groups is 1. The monoisotopic (exact) mass is 188 g/mol. The molecule has 0 radical (unpaired) electrons. The van der Waals surface area contributed by atoms with Crippen LogP contribution >= 0.6 is 12.6 Å². The summed E-state index contributed by atoms with van der Waals surface area (Å²) in [4.78, 5) is 0. The van der Waals surface area contributed by atoms with Crippen LogP contribution in [0.2, 0.25) is 0 Å². The SMILES string of the molecule is CC(CS)COCCC1CCC1. The van der Waals surface area contributed by atoms with E-state index in [0.29, 0.717) is 5.92 Å². The molecule has 0 amide bonds. The molecule has 0 heterocycles. The van der Waals surface area contributed by atoms with E-state index in [9.17, 15) is 0 Å². The van der Waals surface area contributed by atoms with Gasteiger partial charge in [-0.05, 0) is 24.0 Å². The van der Waals surface area contributed by atoms with Gasteiger partial charge in [-0.25, -0.2) is 0 Å². The third kappa shape index (κ3) is 3.81. The second-order valence-electron chi connectivity index (χ2n) is 3.95. The van der Waals surface area contributed by atoms with Crippen LogP contribution < -0.4 is 0 Å². The van der Waals surface area contributed by atoms with E-state index >= 15 is 0 Å². The molecule has 0 spiro atoms. The predicted octanol–water partition coefficient (Wildman–Crippen LogP) is 2.76. The fraction of sp³-hybridized carbons (Fsp3) is 1.00. The summed E-state index contributed by atoms with van der Waals surface area (Å²) in [6, 6.07) is 0. The minimum Gasteiger partial charge on any atom is -0.381 e. The van der Waals surface area contributed by atoms with Crippen molar-refractivity contribution in [3.05, 3.63) is 0 Å². The number of hydrogen-bond acceptors (Lipinski definition) is 2. The Labute approximate surface area is 81.3 Å². The summed E-state index contributed by atoms with van der Waals surface area (Å²) in [5, 5.41) is 0. The van der Waals surface area contributed by atoms with Gasteiger partial charge in [0.05, 0.1) is 0 Å². The molecule has 0 bridgehead atoms. The largest absolute Gasteiger partial charge is 0.381 e. The van der Waals surface area contributed by atoms with Gasteiger partial charge in [-0.1, -0.05) is 26.2 Å². The molecule has 0 aliphatic heterocycles. The van der Waals surface area contributed by atoms with Crippen LogP contribution in [0.3, 0.4) is 0 Å². The van der Waals surface area contributed by atoms with Gasteiger partial charge in [-0.3, -0.25) is 0 Å². The van der Waals surface area contributed by atoms with Crippen molar-refractivity contribution in [1.29, 1.82) is 0 Å². The van der Waals surface area contributed by atoms with Crippen molar-refractivity contribution in [3.63, 3.8) is 0 Å². The van der Waals surface area contributed by atoms with Crippen LogP contribution in [0, 0.1) is 11.8 Å². The molecule has 0 aromatic carbocycles. The van der Waals surface area contributed by atoms with Crippen molar-refractivity contribution in [2.45, 2.75) is 32.6 Å². The molecule has 2 heteroatoms. The van der Waals surface area contributed by atoms with Crippen molar-refractivity contribution in [3.8, 4) is 0 Å². The van der Waals surface area contributed by atoms with Gasteiger partial charge in [-0.15, -0.1) is 0 Å². The molecule has 1 aliphatic rings. The molecule has 1 aliphatic carbocycles. The van der Waals surface area contributed by atoms with Crippen LogP contribution in [0.15, 0.2) is 0 Å². The van der Waals surface area contributed by atoms with E-state index in [-0.39, 0.29) is 0 Å². The maximum atomic E-state index is 5.54. The van der Waals surface area contributed by atoms with Gasteiger partial charge in [0.15, 0.2) is 0 Å². The number of rotatable bonds is 6. The van der Waals surface area contributed by atoms with Gasteiger partial charge in [0.25, 0.3) is 0 Å². The Morgan fingerprint density at radius 2 is 2.25 bits per heavy atom. The Bertz CT molecular complexity index is 106. The maximum Gasteiger partial charge on any atom is 0.0499 e. The summed E-state index contributed by atoms with van der Waals surface area (Å²) in [6.45, 7) is 4.02. The highest BCUT2D eigenvalue weighted by Crippen LogP contribution is 2.29. The van der Waals surface area contributed by atoms with Crippen LogP contribution in [0.1, 0.15) is 32.6 Å². The second-order valence-corrected chi connectivity index (χ2v) is 4.31. The van der Waals surface area contributed by atoms with Gasteiger partial charge >= 0.3 is 0 Å². The van der Waals surface area contributed by atoms with Crippen LogP contribution in [0.5, 0.6) is 0 Å². The predicted molar refractivity (Wildman–Crippen MR) is 55.8 cm³/mol. The summed E-state index contributed by atoms with van der Waals surface area (Å²) in [7, 11) is 0. The average Bonchev–Trinajstić information content (AvgIpc) is 2.00. The molecule has 1 rings (SSSR count). The van der Waals surface area contributed by atoms with Gasteiger partial charge in [0, 0.05) is 13.2 Å². The first-order valence-corrected chi connectivity index (χ1v) is 5.64. The van der Waals surface area contributed by atoms with Crippen molar-refractivity contribution in [2.75, 3.05) is 19.0 Å². The molecular formula is C10H20OS. The van der Waals surface area contributed by atoms with Gasteiger partial charge in [0.1, 0.15) is 0 Å². The maximum absolute atomic E-state index is 5.54. The molecule has 12 heavy (non-hydrogen) atoms. The summed E-state index contributed by atoms with van der Waals surface area (Å²) < 4.78 is 5.54. The minimum atomic E-state index is 0.606. The van der Waals surface area contributed by atoms with Crippen molar-refractivity contribution in [1.82, 2.24) is 0 Å². The fourth-order valence-corrected chi connectivity index (χ4v) is 1.47. The lowest BCUT2D eigenvalue weighted by Gasteiger charge is -2.25. The first-order chi connectivity index (χ1) is 5.83. The zero-order valence-electron chi connectivity index (χ0n) is 7.96. The molecule has 72 valence electrons. The van der Waals surface area contributed by atoms with E-state index < -0.39 is 0 Å².